The highest BCUT2D eigenvalue weighted by Crippen LogP contribution is 2.14. The highest BCUT2D eigenvalue weighted by atomic mass is 16.2. The molecule has 5 nitrogen and oxygen atoms in total. The average Bonchev–Trinajstić information content (AvgIpc) is 2.83. The molecule has 0 atom stereocenters. The first-order valence-electron chi connectivity index (χ1n) is 9.04. The molecule has 0 spiro atoms. The molecule has 130 valence electrons. The fourth-order valence-corrected chi connectivity index (χ4v) is 3.48. The Morgan fingerprint density at radius 3 is 2.83 bits per heavy atom. The molecular weight excluding hydrogens is 300 g/mol. The number of aromatic nitrogens is 2. The maximum absolute atomic E-state index is 12.6. The summed E-state index contributed by atoms with van der Waals surface area (Å²) in [5.41, 5.74) is 1.10. The van der Waals surface area contributed by atoms with E-state index in [1.807, 2.05) is 27.9 Å². The van der Waals surface area contributed by atoms with Crippen molar-refractivity contribution >= 4 is 16.8 Å². The number of benzene rings is 1. The number of carbonyl (C=O) groups is 1. The summed E-state index contributed by atoms with van der Waals surface area (Å²) in [6, 6.07) is 8.14. The number of hydrogen-bond donors (Lipinski definition) is 0. The molecule has 1 aromatic carbocycles. The lowest BCUT2D eigenvalue weighted by atomic mass is 10.2. The number of rotatable bonds is 5. The van der Waals surface area contributed by atoms with Gasteiger partial charge in [0.15, 0.2) is 0 Å². The van der Waals surface area contributed by atoms with Gasteiger partial charge in [0, 0.05) is 38.0 Å². The maximum Gasteiger partial charge on any atom is 0.224 e. The van der Waals surface area contributed by atoms with Crippen molar-refractivity contribution in [2.75, 3.05) is 32.7 Å². The van der Waals surface area contributed by atoms with E-state index in [4.69, 9.17) is 0 Å². The SMILES string of the molecule is CC(C)CN1CCCN(C(=O)CCn2ncc3ccccc32)CC1. The number of aryl methyl sites for hydroxylation is 1. The van der Waals surface area contributed by atoms with E-state index in [0.29, 0.717) is 18.9 Å². The maximum atomic E-state index is 12.6. The van der Waals surface area contributed by atoms with Crippen LogP contribution in [0.3, 0.4) is 0 Å². The molecule has 1 saturated heterocycles. The summed E-state index contributed by atoms with van der Waals surface area (Å²) >= 11 is 0. The van der Waals surface area contributed by atoms with Gasteiger partial charge in [0.2, 0.25) is 5.91 Å². The minimum Gasteiger partial charge on any atom is -0.341 e. The van der Waals surface area contributed by atoms with Gasteiger partial charge in [-0.1, -0.05) is 32.0 Å². The zero-order valence-corrected chi connectivity index (χ0v) is 14.8. The van der Waals surface area contributed by atoms with Crippen molar-refractivity contribution in [3.63, 3.8) is 0 Å². The van der Waals surface area contributed by atoms with Crippen LogP contribution in [-0.4, -0.2) is 58.2 Å². The smallest absolute Gasteiger partial charge is 0.224 e. The van der Waals surface area contributed by atoms with Crippen molar-refractivity contribution < 1.29 is 4.79 Å². The largest absolute Gasteiger partial charge is 0.341 e. The molecule has 0 aliphatic carbocycles. The van der Waals surface area contributed by atoms with Gasteiger partial charge in [-0.3, -0.25) is 9.48 Å². The van der Waals surface area contributed by atoms with E-state index in [1.165, 1.54) is 0 Å². The summed E-state index contributed by atoms with van der Waals surface area (Å²) < 4.78 is 1.94. The summed E-state index contributed by atoms with van der Waals surface area (Å²) in [5, 5.41) is 5.54. The Labute approximate surface area is 144 Å². The summed E-state index contributed by atoms with van der Waals surface area (Å²) in [5.74, 6) is 0.932. The average molecular weight is 328 g/mol. The molecule has 1 aliphatic rings. The number of para-hydroxylation sites is 1. The molecule has 1 fully saturated rings. The fraction of sp³-hybridized carbons (Fsp3) is 0.579. The van der Waals surface area contributed by atoms with Crippen LogP contribution < -0.4 is 0 Å². The van der Waals surface area contributed by atoms with E-state index >= 15 is 0 Å². The van der Waals surface area contributed by atoms with E-state index < -0.39 is 0 Å². The molecule has 24 heavy (non-hydrogen) atoms. The van der Waals surface area contributed by atoms with Crippen LogP contribution >= 0.6 is 0 Å². The number of hydrogen-bond acceptors (Lipinski definition) is 3. The molecular formula is C19H28N4O. The fourth-order valence-electron chi connectivity index (χ4n) is 3.48. The lowest BCUT2D eigenvalue weighted by Crippen LogP contribution is -2.36. The summed E-state index contributed by atoms with van der Waals surface area (Å²) in [7, 11) is 0. The normalized spacial score (nSPS) is 16.7. The molecule has 0 radical (unpaired) electrons. The molecule has 1 aliphatic heterocycles. The standard InChI is InChI=1S/C19H28N4O/c1-16(2)15-21-9-5-10-22(13-12-21)19(24)8-11-23-18-7-4-3-6-17(18)14-20-23/h3-4,6-7,14,16H,5,8-13,15H2,1-2H3. The zero-order valence-electron chi connectivity index (χ0n) is 14.8. The molecule has 1 amide bonds. The second kappa shape index (κ2) is 7.79. The second-order valence-corrected chi connectivity index (χ2v) is 7.11. The molecule has 2 heterocycles. The Balaban J connectivity index is 1.53. The minimum atomic E-state index is 0.251. The topological polar surface area (TPSA) is 41.4 Å². The Morgan fingerprint density at radius 2 is 2.00 bits per heavy atom. The van der Waals surface area contributed by atoms with Crippen LogP contribution in [0.2, 0.25) is 0 Å². The highest BCUT2D eigenvalue weighted by Gasteiger charge is 2.19. The van der Waals surface area contributed by atoms with Gasteiger partial charge in [-0.15, -0.1) is 0 Å². The van der Waals surface area contributed by atoms with Crippen molar-refractivity contribution in [2.24, 2.45) is 5.92 Å². The summed E-state index contributed by atoms with van der Waals surface area (Å²) in [4.78, 5) is 17.1. The predicted molar refractivity (Wildman–Crippen MR) is 96.8 cm³/mol. The number of nitrogens with zero attached hydrogens (tertiary/aromatic N) is 4. The molecule has 3 rings (SSSR count). The molecule has 1 aromatic heterocycles. The second-order valence-electron chi connectivity index (χ2n) is 7.11. The lowest BCUT2D eigenvalue weighted by molar-refractivity contribution is -0.131. The third-order valence-corrected chi connectivity index (χ3v) is 4.65. The first kappa shape index (κ1) is 17.0. The van der Waals surface area contributed by atoms with Gasteiger partial charge in [-0.05, 0) is 24.9 Å². The van der Waals surface area contributed by atoms with Gasteiger partial charge in [0.1, 0.15) is 0 Å². The quantitative estimate of drug-likeness (QED) is 0.847. The van der Waals surface area contributed by atoms with E-state index in [0.717, 1.165) is 50.0 Å². The van der Waals surface area contributed by atoms with Crippen LogP contribution in [0, 0.1) is 5.92 Å². The number of amides is 1. The van der Waals surface area contributed by atoms with Gasteiger partial charge in [-0.2, -0.15) is 5.10 Å². The lowest BCUT2D eigenvalue weighted by Gasteiger charge is -2.23. The predicted octanol–water partition coefficient (Wildman–Crippen LogP) is 2.62. The van der Waals surface area contributed by atoms with Crippen LogP contribution in [0.15, 0.2) is 30.5 Å². The van der Waals surface area contributed by atoms with Crippen molar-refractivity contribution in [3.8, 4) is 0 Å². The van der Waals surface area contributed by atoms with Crippen molar-refractivity contribution in [2.45, 2.75) is 33.2 Å². The van der Waals surface area contributed by atoms with E-state index in [-0.39, 0.29) is 5.91 Å². The summed E-state index contributed by atoms with van der Waals surface area (Å²) in [6.07, 6.45) is 3.47. The molecule has 0 bridgehead atoms. The highest BCUT2D eigenvalue weighted by molar-refractivity contribution is 5.79. The molecule has 0 unspecified atom stereocenters. The Morgan fingerprint density at radius 1 is 1.17 bits per heavy atom. The van der Waals surface area contributed by atoms with Gasteiger partial charge in [0.05, 0.1) is 18.3 Å². The van der Waals surface area contributed by atoms with Gasteiger partial charge in [-0.25, -0.2) is 0 Å². The van der Waals surface area contributed by atoms with Crippen LogP contribution in [0.4, 0.5) is 0 Å². The zero-order chi connectivity index (χ0) is 16.9. The molecule has 2 aromatic rings. The number of carbonyl (C=O) groups excluding carboxylic acids is 1. The van der Waals surface area contributed by atoms with Crippen LogP contribution in [0.25, 0.3) is 10.9 Å². The van der Waals surface area contributed by atoms with Crippen molar-refractivity contribution in [3.05, 3.63) is 30.5 Å². The van der Waals surface area contributed by atoms with Crippen molar-refractivity contribution in [1.82, 2.24) is 19.6 Å². The Hall–Kier alpha value is -1.88. The van der Waals surface area contributed by atoms with Crippen LogP contribution in [0.1, 0.15) is 26.7 Å². The van der Waals surface area contributed by atoms with E-state index in [1.54, 1.807) is 0 Å². The first-order valence-corrected chi connectivity index (χ1v) is 9.04. The molecule has 0 saturated carbocycles. The van der Waals surface area contributed by atoms with E-state index in [2.05, 4.69) is 36.0 Å². The van der Waals surface area contributed by atoms with Crippen LogP contribution in [-0.2, 0) is 11.3 Å². The molecule has 0 N–H and O–H groups in total. The van der Waals surface area contributed by atoms with Gasteiger partial charge in [0.25, 0.3) is 0 Å². The summed E-state index contributed by atoms with van der Waals surface area (Å²) in [6.45, 7) is 10.1. The first-order chi connectivity index (χ1) is 11.6. The van der Waals surface area contributed by atoms with Gasteiger partial charge < -0.3 is 9.80 Å². The Bertz CT molecular complexity index is 679. The van der Waals surface area contributed by atoms with E-state index in [9.17, 15) is 4.79 Å². The third kappa shape index (κ3) is 4.15. The number of fused-ring (bicyclic) bond motifs is 1. The van der Waals surface area contributed by atoms with Crippen LogP contribution in [0.5, 0.6) is 0 Å². The van der Waals surface area contributed by atoms with Gasteiger partial charge >= 0.3 is 0 Å². The molecule has 5 heteroatoms. The monoisotopic (exact) mass is 328 g/mol. The Kier molecular flexibility index (Phi) is 5.51. The van der Waals surface area contributed by atoms with Crippen molar-refractivity contribution in [1.29, 1.82) is 0 Å². The third-order valence-electron chi connectivity index (χ3n) is 4.65. The minimum absolute atomic E-state index is 0.251.